The van der Waals surface area contributed by atoms with Gasteiger partial charge in [0.2, 0.25) is 5.91 Å². The first-order chi connectivity index (χ1) is 17.9. The van der Waals surface area contributed by atoms with Crippen LogP contribution in [0.4, 0.5) is 11.4 Å². The van der Waals surface area contributed by atoms with E-state index >= 15 is 0 Å². The van der Waals surface area contributed by atoms with Crippen molar-refractivity contribution in [3.05, 3.63) is 84.4 Å². The molecule has 37 heavy (non-hydrogen) atoms. The van der Waals surface area contributed by atoms with E-state index in [4.69, 9.17) is 9.47 Å². The van der Waals surface area contributed by atoms with Gasteiger partial charge in [0.1, 0.15) is 5.75 Å². The first-order valence-corrected chi connectivity index (χ1v) is 13.7. The van der Waals surface area contributed by atoms with Gasteiger partial charge < -0.3 is 14.8 Å². The standard InChI is InChI=1S/C28H32N2O6S/c1-2-35-25-17-13-24(14-18-25)30-37(33,34)26-19-15-23(16-20-26)29-27(31)11-6-12-28(32)36-21-7-10-22-8-4-3-5-9-22/h3-5,8-9,13-20,30H,2,6-7,10-12,21H2,1H3,(H,29,31). The molecule has 0 saturated carbocycles. The van der Waals surface area contributed by atoms with Gasteiger partial charge in [-0.15, -0.1) is 0 Å². The summed E-state index contributed by atoms with van der Waals surface area (Å²) >= 11 is 0. The van der Waals surface area contributed by atoms with E-state index in [-0.39, 0.29) is 29.6 Å². The number of aryl methyl sites for hydroxylation is 1. The van der Waals surface area contributed by atoms with E-state index in [0.29, 0.717) is 36.8 Å². The lowest BCUT2D eigenvalue weighted by Gasteiger charge is -2.10. The summed E-state index contributed by atoms with van der Waals surface area (Å²) < 4.78 is 38.4. The number of amides is 1. The molecule has 0 aliphatic heterocycles. The molecule has 0 unspecified atom stereocenters. The Labute approximate surface area is 218 Å². The number of ether oxygens (including phenoxy) is 2. The first kappa shape index (κ1) is 27.7. The zero-order valence-electron chi connectivity index (χ0n) is 20.8. The van der Waals surface area contributed by atoms with Crippen LogP contribution in [-0.4, -0.2) is 33.5 Å². The maximum Gasteiger partial charge on any atom is 0.305 e. The zero-order valence-corrected chi connectivity index (χ0v) is 21.6. The number of sulfonamides is 1. The molecule has 196 valence electrons. The quantitative estimate of drug-likeness (QED) is 0.222. The minimum Gasteiger partial charge on any atom is -0.494 e. The molecule has 0 fully saturated rings. The highest BCUT2D eigenvalue weighted by molar-refractivity contribution is 7.92. The Morgan fingerprint density at radius 2 is 1.49 bits per heavy atom. The Bertz CT molecular complexity index is 1240. The van der Waals surface area contributed by atoms with Gasteiger partial charge in [0, 0.05) is 24.2 Å². The van der Waals surface area contributed by atoms with E-state index in [0.717, 1.165) is 12.8 Å². The van der Waals surface area contributed by atoms with E-state index in [1.807, 2.05) is 37.3 Å². The summed E-state index contributed by atoms with van der Waals surface area (Å²) in [4.78, 5) is 24.1. The van der Waals surface area contributed by atoms with Crippen molar-refractivity contribution in [1.82, 2.24) is 0 Å². The third kappa shape index (κ3) is 9.61. The van der Waals surface area contributed by atoms with Crippen molar-refractivity contribution >= 4 is 33.3 Å². The molecule has 0 atom stereocenters. The zero-order chi connectivity index (χ0) is 26.5. The molecule has 3 rings (SSSR count). The van der Waals surface area contributed by atoms with E-state index < -0.39 is 10.0 Å². The molecule has 0 aromatic heterocycles. The summed E-state index contributed by atoms with van der Waals surface area (Å²) in [7, 11) is -3.79. The second-order valence-electron chi connectivity index (χ2n) is 8.30. The van der Waals surface area contributed by atoms with Crippen molar-refractivity contribution in [2.75, 3.05) is 23.3 Å². The number of nitrogens with one attached hydrogen (secondary N) is 2. The van der Waals surface area contributed by atoms with E-state index in [1.54, 1.807) is 24.3 Å². The molecule has 0 bridgehead atoms. The number of hydrogen-bond donors (Lipinski definition) is 2. The maximum atomic E-state index is 12.6. The summed E-state index contributed by atoms with van der Waals surface area (Å²) in [5.74, 6) is 0.0664. The van der Waals surface area contributed by atoms with Crippen molar-refractivity contribution in [2.24, 2.45) is 0 Å². The maximum absolute atomic E-state index is 12.6. The van der Waals surface area contributed by atoms with Crippen LogP contribution < -0.4 is 14.8 Å². The minimum atomic E-state index is -3.79. The van der Waals surface area contributed by atoms with Crippen molar-refractivity contribution < 1.29 is 27.5 Å². The van der Waals surface area contributed by atoms with E-state index in [2.05, 4.69) is 10.0 Å². The van der Waals surface area contributed by atoms with Gasteiger partial charge >= 0.3 is 5.97 Å². The Balaban J connectivity index is 1.36. The summed E-state index contributed by atoms with van der Waals surface area (Å²) in [6.07, 6.45) is 2.26. The summed E-state index contributed by atoms with van der Waals surface area (Å²) in [5, 5.41) is 2.71. The molecule has 0 aliphatic rings. The van der Waals surface area contributed by atoms with Gasteiger partial charge in [-0.3, -0.25) is 14.3 Å². The van der Waals surface area contributed by atoms with Crippen LogP contribution in [0.3, 0.4) is 0 Å². The number of anilines is 2. The highest BCUT2D eigenvalue weighted by Gasteiger charge is 2.15. The number of hydrogen-bond acceptors (Lipinski definition) is 6. The molecule has 0 heterocycles. The van der Waals surface area contributed by atoms with Gasteiger partial charge in [-0.25, -0.2) is 8.42 Å². The number of esters is 1. The molecule has 3 aromatic carbocycles. The fourth-order valence-electron chi connectivity index (χ4n) is 3.51. The number of carbonyl (C=O) groups excluding carboxylic acids is 2. The highest BCUT2D eigenvalue weighted by Crippen LogP contribution is 2.21. The summed E-state index contributed by atoms with van der Waals surface area (Å²) in [6.45, 7) is 2.74. The molecule has 9 heteroatoms. The first-order valence-electron chi connectivity index (χ1n) is 12.2. The van der Waals surface area contributed by atoms with E-state index in [1.165, 1.54) is 29.8 Å². The number of rotatable bonds is 14. The van der Waals surface area contributed by atoms with Crippen LogP contribution in [0.25, 0.3) is 0 Å². The van der Waals surface area contributed by atoms with Gasteiger partial charge in [0.05, 0.1) is 18.1 Å². The summed E-state index contributed by atoms with van der Waals surface area (Å²) in [5.41, 5.74) is 2.08. The third-order valence-electron chi connectivity index (χ3n) is 5.37. The average Bonchev–Trinajstić information content (AvgIpc) is 2.89. The van der Waals surface area contributed by atoms with Crippen molar-refractivity contribution in [3.8, 4) is 5.75 Å². The van der Waals surface area contributed by atoms with Gasteiger partial charge in [-0.1, -0.05) is 30.3 Å². The molecule has 2 N–H and O–H groups in total. The largest absolute Gasteiger partial charge is 0.494 e. The van der Waals surface area contributed by atoms with E-state index in [9.17, 15) is 18.0 Å². The molecule has 8 nitrogen and oxygen atoms in total. The van der Waals surface area contributed by atoms with Crippen molar-refractivity contribution in [3.63, 3.8) is 0 Å². The van der Waals surface area contributed by atoms with Crippen molar-refractivity contribution in [2.45, 2.75) is 43.9 Å². The molecule has 3 aromatic rings. The normalized spacial score (nSPS) is 10.9. The molecular formula is C28H32N2O6S. The highest BCUT2D eigenvalue weighted by atomic mass is 32.2. The topological polar surface area (TPSA) is 111 Å². The monoisotopic (exact) mass is 524 g/mol. The van der Waals surface area contributed by atoms with Crippen LogP contribution in [0.15, 0.2) is 83.8 Å². The smallest absolute Gasteiger partial charge is 0.305 e. The molecular weight excluding hydrogens is 492 g/mol. The predicted molar refractivity (Wildman–Crippen MR) is 143 cm³/mol. The van der Waals surface area contributed by atoms with Crippen molar-refractivity contribution in [1.29, 1.82) is 0 Å². The predicted octanol–water partition coefficient (Wildman–Crippen LogP) is 5.17. The van der Waals surface area contributed by atoms with Crippen LogP contribution in [0, 0.1) is 0 Å². The fraction of sp³-hybridized carbons (Fsp3) is 0.286. The van der Waals surface area contributed by atoms with Crippen LogP contribution in [0.2, 0.25) is 0 Å². The fourth-order valence-corrected chi connectivity index (χ4v) is 4.57. The number of carbonyl (C=O) groups is 2. The number of benzene rings is 3. The lowest BCUT2D eigenvalue weighted by Crippen LogP contribution is -2.14. The lowest BCUT2D eigenvalue weighted by molar-refractivity contribution is -0.143. The molecule has 0 radical (unpaired) electrons. The molecule has 0 saturated heterocycles. The van der Waals surface area contributed by atoms with Crippen LogP contribution >= 0.6 is 0 Å². The minimum absolute atomic E-state index is 0.0643. The average molecular weight is 525 g/mol. The third-order valence-corrected chi connectivity index (χ3v) is 6.76. The Morgan fingerprint density at radius 1 is 0.811 bits per heavy atom. The SMILES string of the molecule is CCOc1ccc(NS(=O)(=O)c2ccc(NC(=O)CCCC(=O)OCCCc3ccccc3)cc2)cc1. The van der Waals surface area contributed by atoms with Crippen LogP contribution in [-0.2, 0) is 30.8 Å². The second kappa shape index (κ2) is 14.0. The van der Waals surface area contributed by atoms with Gasteiger partial charge in [-0.05, 0) is 80.3 Å². The van der Waals surface area contributed by atoms with Gasteiger partial charge in [0.25, 0.3) is 10.0 Å². The second-order valence-corrected chi connectivity index (χ2v) is 9.98. The van der Waals surface area contributed by atoms with Gasteiger partial charge in [-0.2, -0.15) is 0 Å². The van der Waals surface area contributed by atoms with Gasteiger partial charge in [0.15, 0.2) is 0 Å². The molecule has 1 amide bonds. The van der Waals surface area contributed by atoms with Crippen LogP contribution in [0.1, 0.15) is 38.2 Å². The van der Waals surface area contributed by atoms with Crippen LogP contribution in [0.5, 0.6) is 5.75 Å². The molecule has 0 aliphatic carbocycles. The molecule has 0 spiro atoms. The summed E-state index contributed by atoms with van der Waals surface area (Å²) in [6, 6.07) is 22.5. The Hall–Kier alpha value is -3.85. The Kier molecular flexibility index (Phi) is 10.5. The Morgan fingerprint density at radius 3 is 2.16 bits per heavy atom. The lowest BCUT2D eigenvalue weighted by atomic mass is 10.1.